The molecular formula is C82H130NO8+. The number of likely N-dealkylation sites (N-methyl/N-ethyl adjacent to an activating group) is 1. The van der Waals surface area contributed by atoms with E-state index in [0.717, 1.165) is 161 Å². The average Bonchev–Trinajstić information content (AvgIpc) is 3.50. The van der Waals surface area contributed by atoms with Crippen molar-refractivity contribution in [1.82, 2.24) is 0 Å². The van der Waals surface area contributed by atoms with E-state index in [1.165, 1.54) is 51.4 Å². The highest BCUT2D eigenvalue weighted by Crippen LogP contribution is 2.15. The number of rotatable bonds is 63. The van der Waals surface area contributed by atoms with Gasteiger partial charge < -0.3 is 28.5 Å². The van der Waals surface area contributed by atoms with Gasteiger partial charge in [0, 0.05) is 12.8 Å². The van der Waals surface area contributed by atoms with Gasteiger partial charge in [0.2, 0.25) is 0 Å². The van der Waals surface area contributed by atoms with Crippen molar-refractivity contribution >= 4 is 17.9 Å². The van der Waals surface area contributed by atoms with E-state index in [0.29, 0.717) is 17.4 Å². The summed E-state index contributed by atoms with van der Waals surface area (Å²) < 4.78 is 23.0. The molecule has 0 saturated heterocycles. The molecule has 0 aromatic heterocycles. The fourth-order valence-electron chi connectivity index (χ4n) is 8.99. The van der Waals surface area contributed by atoms with Crippen LogP contribution in [0.5, 0.6) is 0 Å². The number of esters is 2. The Morgan fingerprint density at radius 2 is 0.593 bits per heavy atom. The second-order valence-electron chi connectivity index (χ2n) is 24.1. The van der Waals surface area contributed by atoms with Crippen molar-refractivity contribution in [1.29, 1.82) is 0 Å². The van der Waals surface area contributed by atoms with Crippen LogP contribution in [0, 0.1) is 0 Å². The zero-order valence-corrected chi connectivity index (χ0v) is 58.2. The Morgan fingerprint density at radius 3 is 0.879 bits per heavy atom. The van der Waals surface area contributed by atoms with Gasteiger partial charge in [0.15, 0.2) is 6.10 Å². The molecule has 0 spiro atoms. The number of nitrogens with zero attached hydrogens (tertiary/aromatic N) is 1. The van der Waals surface area contributed by atoms with Crippen LogP contribution in [0.4, 0.5) is 0 Å². The quantitative estimate of drug-likeness (QED) is 0.0211. The molecule has 91 heavy (non-hydrogen) atoms. The minimum atomic E-state index is -1.53. The van der Waals surface area contributed by atoms with E-state index in [1.807, 2.05) is 21.1 Å². The SMILES string of the molecule is CC/C=C\C/C=C\C/C=C\C/C=C\C/C=C\C/C=C\C/C=C\C/C=C\C/C=C\CCCCCCCCCCCC(=O)OC(COC(=O)CCCCCCCCC/C=C\C/C=C\C/C=C\C/C=C\C/C=C\C/C=C\C/C=C\CC)COC(OCC[N+](C)(C)C)C(=O)O. The molecule has 0 aromatic carbocycles. The van der Waals surface area contributed by atoms with Gasteiger partial charge >= 0.3 is 17.9 Å². The fraction of sp³-hybridized carbons (Fsp3) is 0.573. The molecule has 0 aromatic rings. The number of allylic oxidation sites excluding steroid dienone is 32. The predicted molar refractivity (Wildman–Crippen MR) is 391 cm³/mol. The summed E-state index contributed by atoms with van der Waals surface area (Å²) in [7, 11) is 5.96. The fourth-order valence-corrected chi connectivity index (χ4v) is 8.99. The van der Waals surface area contributed by atoms with Crippen molar-refractivity contribution in [2.24, 2.45) is 0 Å². The number of aliphatic carboxylic acids is 1. The maximum absolute atomic E-state index is 13.0. The van der Waals surface area contributed by atoms with Crippen molar-refractivity contribution in [2.75, 3.05) is 47.5 Å². The van der Waals surface area contributed by atoms with E-state index in [4.69, 9.17) is 18.9 Å². The molecule has 0 fully saturated rings. The molecule has 510 valence electrons. The van der Waals surface area contributed by atoms with Crippen LogP contribution in [0.25, 0.3) is 0 Å². The van der Waals surface area contributed by atoms with E-state index in [2.05, 4.69) is 208 Å². The van der Waals surface area contributed by atoms with Crippen molar-refractivity contribution in [3.05, 3.63) is 194 Å². The number of unbranched alkanes of at least 4 members (excludes halogenated alkanes) is 16. The highest BCUT2D eigenvalue weighted by Gasteiger charge is 2.25. The summed E-state index contributed by atoms with van der Waals surface area (Å²) in [6.45, 7) is 4.61. The number of carbonyl (C=O) groups excluding carboxylic acids is 2. The number of hydrogen-bond acceptors (Lipinski definition) is 7. The number of carbonyl (C=O) groups is 3. The van der Waals surface area contributed by atoms with Crippen LogP contribution < -0.4 is 0 Å². The number of ether oxygens (including phenoxy) is 4. The maximum atomic E-state index is 13.0. The minimum Gasteiger partial charge on any atom is -0.477 e. The highest BCUT2D eigenvalue weighted by atomic mass is 16.7. The van der Waals surface area contributed by atoms with Crippen LogP contribution in [-0.4, -0.2) is 87.4 Å². The molecule has 9 heteroatoms. The Balaban J connectivity index is 4.23. The first kappa shape index (κ1) is 85.1. The van der Waals surface area contributed by atoms with Gasteiger partial charge in [0.25, 0.3) is 6.29 Å². The molecule has 2 unspecified atom stereocenters. The summed E-state index contributed by atoms with van der Waals surface area (Å²) >= 11 is 0. The first-order valence-corrected chi connectivity index (χ1v) is 35.6. The molecule has 0 aliphatic carbocycles. The molecule has 2 atom stereocenters. The van der Waals surface area contributed by atoms with Gasteiger partial charge in [-0.25, -0.2) is 4.79 Å². The molecule has 0 aliphatic rings. The zero-order valence-electron chi connectivity index (χ0n) is 58.2. The molecular weight excluding hydrogens is 1130 g/mol. The summed E-state index contributed by atoms with van der Waals surface area (Å²) in [6, 6.07) is 0. The molecule has 0 rings (SSSR count). The van der Waals surface area contributed by atoms with Crippen LogP contribution in [-0.2, 0) is 33.3 Å². The van der Waals surface area contributed by atoms with E-state index >= 15 is 0 Å². The Morgan fingerprint density at radius 1 is 0.330 bits per heavy atom. The normalized spacial score (nSPS) is 13.9. The zero-order chi connectivity index (χ0) is 66.1. The Kier molecular flexibility index (Phi) is 65.5. The summed E-state index contributed by atoms with van der Waals surface area (Å²) in [5.74, 6) is -2.05. The third-order valence-corrected chi connectivity index (χ3v) is 14.3. The topological polar surface area (TPSA) is 108 Å². The maximum Gasteiger partial charge on any atom is 0.361 e. The lowest BCUT2D eigenvalue weighted by molar-refractivity contribution is -0.870. The molecule has 0 radical (unpaired) electrons. The van der Waals surface area contributed by atoms with Crippen molar-refractivity contribution < 1.29 is 42.9 Å². The predicted octanol–water partition coefficient (Wildman–Crippen LogP) is 22.6. The van der Waals surface area contributed by atoms with E-state index < -0.39 is 24.3 Å². The van der Waals surface area contributed by atoms with E-state index in [-0.39, 0.29) is 38.6 Å². The molecule has 9 nitrogen and oxygen atoms in total. The Hall–Kier alpha value is -5.87. The van der Waals surface area contributed by atoms with Crippen molar-refractivity contribution in [3.8, 4) is 0 Å². The average molecular weight is 1260 g/mol. The molecule has 0 aliphatic heterocycles. The lowest BCUT2D eigenvalue weighted by Crippen LogP contribution is -2.40. The first-order chi connectivity index (χ1) is 44.6. The van der Waals surface area contributed by atoms with Crippen LogP contribution in [0.15, 0.2) is 194 Å². The number of quaternary nitrogens is 1. The van der Waals surface area contributed by atoms with Crippen LogP contribution in [0.1, 0.15) is 245 Å². The lowest BCUT2D eigenvalue weighted by Gasteiger charge is -2.25. The van der Waals surface area contributed by atoms with Gasteiger partial charge in [0.05, 0.1) is 34.4 Å². The van der Waals surface area contributed by atoms with Crippen LogP contribution in [0.2, 0.25) is 0 Å². The second kappa shape index (κ2) is 70.0. The first-order valence-electron chi connectivity index (χ1n) is 35.6. The Labute approximate surface area is 557 Å². The van der Waals surface area contributed by atoms with Gasteiger partial charge in [-0.3, -0.25) is 9.59 Å². The molecule has 0 saturated carbocycles. The third-order valence-electron chi connectivity index (χ3n) is 14.3. The van der Waals surface area contributed by atoms with Crippen LogP contribution >= 0.6 is 0 Å². The molecule has 0 bridgehead atoms. The van der Waals surface area contributed by atoms with Crippen molar-refractivity contribution in [2.45, 2.75) is 257 Å². The summed E-state index contributed by atoms with van der Waals surface area (Å²) in [5, 5.41) is 9.75. The van der Waals surface area contributed by atoms with Gasteiger partial charge in [0.1, 0.15) is 13.2 Å². The third kappa shape index (κ3) is 71.4. The summed E-state index contributed by atoms with van der Waals surface area (Å²) in [5.41, 5.74) is 0. The van der Waals surface area contributed by atoms with Crippen LogP contribution in [0.3, 0.4) is 0 Å². The van der Waals surface area contributed by atoms with E-state index in [1.54, 1.807) is 0 Å². The Bertz CT molecular complexity index is 2200. The summed E-state index contributed by atoms with van der Waals surface area (Å²) in [4.78, 5) is 37.7. The summed E-state index contributed by atoms with van der Waals surface area (Å²) in [6.07, 6.45) is 105. The number of carboxylic acid groups (broad SMARTS) is 1. The van der Waals surface area contributed by atoms with E-state index in [9.17, 15) is 19.5 Å². The van der Waals surface area contributed by atoms with Gasteiger partial charge in [-0.15, -0.1) is 0 Å². The smallest absolute Gasteiger partial charge is 0.361 e. The molecule has 0 amide bonds. The molecule has 1 N–H and O–H groups in total. The standard InChI is InChI=1S/C82H129NO8/c1-6-8-10-12-14-16-18-20-22-24-26-28-30-32-34-36-37-38-39-40-41-42-43-45-47-49-51-53-55-57-59-61-63-65-67-69-71-73-80(85)91-78(77-90-82(81(86)87)88-75-74-83(3,4)5)76-89-79(84)72-70-68-66-64-62-60-58-56-54-52-50-48-46-44-35-33-31-29-27-25-23-21-19-17-15-13-11-9-7-2/h8-11,14-17,20-23,26-29,32-35,37-38,40-41,43,45-46,48-49,51-52,54,78,82H,6-7,12-13,18-19,24-25,30-31,36,39,42,44,47,50,53,55-77H2,1-5H3/p+1/b10-8-,11-9-,16-14-,17-15-,22-20-,23-21-,28-26-,29-27-,34-32-,35-33-,38-37-,41-40-,45-43-,48-46-,51-49-,54-52-. The highest BCUT2D eigenvalue weighted by molar-refractivity contribution is 5.71. The minimum absolute atomic E-state index is 0.174. The largest absolute Gasteiger partial charge is 0.477 e. The van der Waals surface area contributed by atoms with Gasteiger partial charge in [-0.2, -0.15) is 0 Å². The monoisotopic (exact) mass is 1260 g/mol. The molecule has 0 heterocycles. The van der Waals surface area contributed by atoms with Gasteiger partial charge in [-0.1, -0.05) is 285 Å². The van der Waals surface area contributed by atoms with Gasteiger partial charge in [-0.05, 0) is 141 Å². The number of carboxylic acids is 1. The number of hydrogen-bond donors (Lipinski definition) is 1. The van der Waals surface area contributed by atoms with Crippen molar-refractivity contribution in [3.63, 3.8) is 0 Å². The lowest BCUT2D eigenvalue weighted by atomic mass is 10.1. The second-order valence-corrected chi connectivity index (χ2v) is 24.1.